The Bertz CT molecular complexity index is 1390. The molecule has 0 radical (unpaired) electrons. The molecule has 0 saturated carbocycles. The fourth-order valence-electron chi connectivity index (χ4n) is 4.08. The van der Waals surface area contributed by atoms with E-state index in [9.17, 15) is 35.2 Å². The van der Waals surface area contributed by atoms with Crippen molar-refractivity contribution in [3.8, 4) is 23.0 Å². The van der Waals surface area contributed by atoms with Crippen LogP contribution < -0.4 is 4.74 Å². The Kier molecular flexibility index (Phi) is 7.67. The molecule has 2 N–H and O–H groups in total. The molecule has 2 aliphatic rings. The summed E-state index contributed by atoms with van der Waals surface area (Å²) in [4.78, 5) is 34.4. The number of nitrogens with zero attached hydrogens (tertiary/aromatic N) is 2. The number of esters is 1. The Balaban J connectivity index is 0.00000171. The van der Waals surface area contributed by atoms with Gasteiger partial charge in [0, 0.05) is 17.7 Å². The van der Waals surface area contributed by atoms with Gasteiger partial charge in [0.25, 0.3) is 0 Å². The van der Waals surface area contributed by atoms with Gasteiger partial charge in [0.15, 0.2) is 17.1 Å². The van der Waals surface area contributed by atoms with E-state index in [-0.39, 0.29) is 102 Å². The number of nitro benzene ring substituents is 2. The molecule has 1 spiro atoms. The number of phenols is 2. The van der Waals surface area contributed by atoms with Gasteiger partial charge >= 0.3 is 76.5 Å². The number of carbonyl (C=O) groups is 1. The second-order valence-corrected chi connectivity index (χ2v) is 8.69. The Morgan fingerprint density at radius 3 is 1.74 bits per heavy atom. The quantitative estimate of drug-likeness (QED) is 0.187. The third-order valence-corrected chi connectivity index (χ3v) is 6.95. The summed E-state index contributed by atoms with van der Waals surface area (Å²) in [5.41, 5.74) is -3.03. The average Bonchev–Trinajstić information content (AvgIpc) is 3.07. The standard InChI is InChI=1S/C20H8Br2N2O9.2Na.2H/c21-13-15(25)11(23(28)29)5-9-17(13)32-18-10(6-12(24(30)31)16(26)14(18)22)20(9)8-4-2-1-3-7(8)19(27)33-20;;;;/h1-6,25-26H;;;;. The number of halogens is 2. The molecule has 0 bridgehead atoms. The number of aromatic hydroxyl groups is 2. The Labute approximate surface area is 256 Å². The first kappa shape index (κ1) is 27.9. The molecule has 0 amide bonds. The Morgan fingerprint density at radius 1 is 0.829 bits per heavy atom. The maximum absolute atomic E-state index is 12.8. The first-order valence-electron chi connectivity index (χ1n) is 9.01. The molecule has 0 fully saturated rings. The van der Waals surface area contributed by atoms with Gasteiger partial charge in [0.1, 0.15) is 8.95 Å². The van der Waals surface area contributed by atoms with Gasteiger partial charge in [-0.1, -0.05) is 18.2 Å². The van der Waals surface area contributed by atoms with Crippen LogP contribution in [0.2, 0.25) is 0 Å². The first-order valence-corrected chi connectivity index (χ1v) is 10.6. The topological polar surface area (TPSA) is 162 Å². The fraction of sp³-hybridized carbons (Fsp3) is 0.0500. The van der Waals surface area contributed by atoms with Crippen molar-refractivity contribution in [3.63, 3.8) is 0 Å². The molecule has 5 rings (SSSR count). The average molecular weight is 628 g/mol. The van der Waals surface area contributed by atoms with Crippen LogP contribution in [0.1, 0.15) is 27.0 Å². The normalized spacial score (nSPS) is 13.8. The van der Waals surface area contributed by atoms with Gasteiger partial charge in [-0.15, -0.1) is 0 Å². The summed E-state index contributed by atoms with van der Waals surface area (Å²) in [7, 11) is 0. The van der Waals surface area contributed by atoms with E-state index in [0.29, 0.717) is 0 Å². The molecule has 0 aromatic heterocycles. The van der Waals surface area contributed by atoms with E-state index in [1.807, 2.05) is 0 Å². The van der Waals surface area contributed by atoms with Crippen LogP contribution in [0.5, 0.6) is 23.0 Å². The van der Waals surface area contributed by atoms with Crippen LogP contribution in [-0.4, -0.2) is 85.1 Å². The summed E-state index contributed by atoms with van der Waals surface area (Å²) in [6.07, 6.45) is 0. The zero-order valence-corrected chi connectivity index (χ0v) is 19.0. The van der Waals surface area contributed by atoms with Crippen molar-refractivity contribution in [2.75, 3.05) is 0 Å². The number of fused-ring (bicyclic) bond motifs is 6. The molecule has 0 unspecified atom stereocenters. The summed E-state index contributed by atoms with van der Waals surface area (Å²) in [6, 6.07) is 8.18. The van der Waals surface area contributed by atoms with Crippen molar-refractivity contribution in [3.05, 3.63) is 87.8 Å². The molecule has 11 nitrogen and oxygen atoms in total. The number of carbonyl (C=O) groups excluding carboxylic acids is 1. The minimum absolute atomic E-state index is 0. The van der Waals surface area contributed by atoms with Gasteiger partial charge in [-0.3, -0.25) is 20.2 Å². The van der Waals surface area contributed by atoms with E-state index in [2.05, 4.69) is 31.9 Å². The number of nitro groups is 2. The third-order valence-electron chi connectivity index (χ3n) is 5.48. The van der Waals surface area contributed by atoms with Gasteiger partial charge in [-0.05, 0) is 37.9 Å². The molecule has 3 aromatic carbocycles. The number of hydrogen-bond acceptors (Lipinski definition) is 9. The summed E-state index contributed by atoms with van der Waals surface area (Å²) in [5.74, 6) is -2.52. The van der Waals surface area contributed by atoms with E-state index < -0.39 is 44.3 Å². The van der Waals surface area contributed by atoms with E-state index >= 15 is 0 Å². The predicted octanol–water partition coefficient (Wildman–Crippen LogP) is 3.71. The number of ether oxygens (including phenoxy) is 2. The molecule has 0 atom stereocenters. The monoisotopic (exact) mass is 626 g/mol. The number of hydrogen-bond donors (Lipinski definition) is 2. The van der Waals surface area contributed by atoms with Crippen molar-refractivity contribution in [2.45, 2.75) is 5.60 Å². The molecule has 170 valence electrons. The summed E-state index contributed by atoms with van der Waals surface area (Å²) in [5, 5.41) is 43.9. The van der Waals surface area contributed by atoms with Gasteiger partial charge < -0.3 is 19.7 Å². The second kappa shape index (κ2) is 9.63. The van der Waals surface area contributed by atoms with Crippen LogP contribution >= 0.6 is 31.9 Å². The van der Waals surface area contributed by atoms with Crippen LogP contribution in [-0.2, 0) is 10.3 Å². The number of benzene rings is 3. The van der Waals surface area contributed by atoms with Crippen LogP contribution in [0.3, 0.4) is 0 Å². The van der Waals surface area contributed by atoms with Gasteiger partial charge in [0.2, 0.25) is 11.5 Å². The molecule has 0 aliphatic carbocycles. The van der Waals surface area contributed by atoms with Gasteiger partial charge in [-0.2, -0.15) is 0 Å². The van der Waals surface area contributed by atoms with Gasteiger partial charge in [-0.25, -0.2) is 4.79 Å². The van der Waals surface area contributed by atoms with Crippen molar-refractivity contribution in [1.29, 1.82) is 0 Å². The van der Waals surface area contributed by atoms with Crippen LogP contribution in [0, 0.1) is 20.2 Å². The fourth-order valence-corrected chi connectivity index (χ4v) is 5.08. The minimum atomic E-state index is -1.90. The molecule has 2 heterocycles. The van der Waals surface area contributed by atoms with E-state index in [0.717, 1.165) is 12.1 Å². The maximum atomic E-state index is 12.8. The molecule has 35 heavy (non-hydrogen) atoms. The van der Waals surface area contributed by atoms with Crippen LogP contribution in [0.15, 0.2) is 45.3 Å². The first-order chi connectivity index (χ1) is 15.6. The van der Waals surface area contributed by atoms with Crippen molar-refractivity contribution in [2.24, 2.45) is 0 Å². The van der Waals surface area contributed by atoms with Crippen molar-refractivity contribution < 1.29 is 34.3 Å². The number of rotatable bonds is 2. The van der Waals surface area contributed by atoms with Crippen LogP contribution in [0.25, 0.3) is 0 Å². The van der Waals surface area contributed by atoms with Gasteiger partial charge in [0.05, 0.1) is 26.5 Å². The second-order valence-electron chi connectivity index (χ2n) is 7.10. The van der Waals surface area contributed by atoms with Crippen molar-refractivity contribution in [1.82, 2.24) is 0 Å². The third kappa shape index (κ3) is 3.80. The van der Waals surface area contributed by atoms with Crippen molar-refractivity contribution >= 4 is 108 Å². The zero-order valence-electron chi connectivity index (χ0n) is 15.9. The van der Waals surface area contributed by atoms with E-state index in [1.54, 1.807) is 12.1 Å². The summed E-state index contributed by atoms with van der Waals surface area (Å²) < 4.78 is 11.2. The summed E-state index contributed by atoms with van der Waals surface area (Å²) >= 11 is 6.19. The molecule has 0 saturated heterocycles. The van der Waals surface area contributed by atoms with E-state index in [4.69, 9.17) is 9.47 Å². The summed E-state index contributed by atoms with van der Waals surface area (Å²) in [6.45, 7) is 0. The Hall–Kier alpha value is -1.71. The Morgan fingerprint density at radius 2 is 1.29 bits per heavy atom. The number of phenolic OH excluding ortho intramolecular Hbond substituents is 2. The SMILES string of the molecule is O=C1OC2(c3ccccc31)c1cc([N+](=O)[O-])c(O)c(Br)c1Oc1c2cc([N+](=O)[O-])c(O)c1Br.[NaH].[NaH]. The van der Waals surface area contributed by atoms with Crippen LogP contribution in [0.4, 0.5) is 11.4 Å². The predicted molar refractivity (Wildman–Crippen MR) is 131 cm³/mol. The zero-order chi connectivity index (χ0) is 23.8. The molecule has 2 aliphatic heterocycles. The van der Waals surface area contributed by atoms with E-state index in [1.165, 1.54) is 12.1 Å². The molecule has 15 heteroatoms. The molecular formula is C20H10Br2N2Na2O9. The molecular weight excluding hydrogens is 618 g/mol. The molecule has 3 aromatic rings.